The van der Waals surface area contributed by atoms with E-state index in [-0.39, 0.29) is 31.1 Å². The SMILES string of the molecule is CC/C=C\C/C=C\C/C=C\C/C=C\C/C=C\C/C=C\CCCCCCCCCCCCCCCCCCC(=O)OCC(COC(=O)CCCCCCC/C=C\C/C=C\CCC)OC(=O)CCCCCCC/C=C\CCCCCCCC. The average Bonchev–Trinajstić information content (AvgIpc) is 3.46. The molecule has 0 heterocycles. The predicted octanol–water partition coefficient (Wildman–Crippen LogP) is 23.8. The molecule has 0 aliphatic heterocycles. The van der Waals surface area contributed by atoms with Crippen molar-refractivity contribution in [2.45, 2.75) is 335 Å². The van der Waals surface area contributed by atoms with Gasteiger partial charge in [0.1, 0.15) is 13.2 Å². The van der Waals surface area contributed by atoms with E-state index in [9.17, 15) is 14.4 Å². The van der Waals surface area contributed by atoms with Crippen molar-refractivity contribution >= 4 is 17.9 Å². The van der Waals surface area contributed by atoms with Crippen LogP contribution in [-0.4, -0.2) is 37.2 Å². The first kappa shape index (κ1) is 77.1. The van der Waals surface area contributed by atoms with E-state index in [4.69, 9.17) is 14.2 Å². The summed E-state index contributed by atoms with van der Waals surface area (Å²) in [6, 6.07) is 0. The minimum absolute atomic E-state index is 0.0833. The Labute approximate surface area is 501 Å². The maximum Gasteiger partial charge on any atom is 0.306 e. The summed E-state index contributed by atoms with van der Waals surface area (Å²) < 4.78 is 16.9. The van der Waals surface area contributed by atoms with Crippen molar-refractivity contribution in [1.82, 2.24) is 0 Å². The van der Waals surface area contributed by atoms with Crippen LogP contribution in [0.2, 0.25) is 0 Å². The molecule has 0 aromatic rings. The molecule has 0 aromatic carbocycles. The van der Waals surface area contributed by atoms with Crippen LogP contribution in [-0.2, 0) is 28.6 Å². The van der Waals surface area contributed by atoms with E-state index in [1.54, 1.807) is 0 Å². The summed E-state index contributed by atoms with van der Waals surface area (Å²) in [7, 11) is 0. The van der Waals surface area contributed by atoms with Crippen LogP contribution in [0.25, 0.3) is 0 Å². The second-order valence-electron chi connectivity index (χ2n) is 22.7. The van der Waals surface area contributed by atoms with Crippen molar-refractivity contribution in [1.29, 1.82) is 0 Å². The molecule has 464 valence electrons. The summed E-state index contributed by atoms with van der Waals surface area (Å²) in [5.74, 6) is -0.895. The molecule has 0 amide bonds. The molecule has 81 heavy (non-hydrogen) atoms. The van der Waals surface area contributed by atoms with Crippen molar-refractivity contribution in [2.75, 3.05) is 13.2 Å². The number of rotatable bonds is 62. The molecular weight excluding hydrogens is 997 g/mol. The van der Waals surface area contributed by atoms with Gasteiger partial charge in [0.2, 0.25) is 0 Å². The van der Waals surface area contributed by atoms with Gasteiger partial charge >= 0.3 is 17.9 Å². The molecule has 0 rings (SSSR count). The zero-order valence-electron chi connectivity index (χ0n) is 53.3. The van der Waals surface area contributed by atoms with Gasteiger partial charge in [-0.15, -0.1) is 0 Å². The molecule has 0 aromatic heterocycles. The topological polar surface area (TPSA) is 78.9 Å². The molecule has 0 aliphatic carbocycles. The highest BCUT2D eigenvalue weighted by Crippen LogP contribution is 2.17. The van der Waals surface area contributed by atoms with Gasteiger partial charge in [0, 0.05) is 19.3 Å². The molecule has 0 bridgehead atoms. The second-order valence-corrected chi connectivity index (χ2v) is 22.7. The Morgan fingerprint density at radius 2 is 0.506 bits per heavy atom. The molecule has 1 unspecified atom stereocenters. The zero-order valence-corrected chi connectivity index (χ0v) is 53.3. The van der Waals surface area contributed by atoms with Gasteiger partial charge in [0.25, 0.3) is 0 Å². The molecule has 0 saturated heterocycles. The summed E-state index contributed by atoms with van der Waals surface area (Å²) in [6.07, 6.45) is 94.1. The number of hydrogen-bond donors (Lipinski definition) is 0. The Kier molecular flexibility index (Phi) is 65.2. The van der Waals surface area contributed by atoms with Crippen LogP contribution in [0.5, 0.6) is 0 Å². The lowest BCUT2D eigenvalue weighted by molar-refractivity contribution is -0.167. The van der Waals surface area contributed by atoms with Gasteiger partial charge in [-0.25, -0.2) is 0 Å². The smallest absolute Gasteiger partial charge is 0.306 e. The van der Waals surface area contributed by atoms with Gasteiger partial charge in [-0.1, -0.05) is 297 Å². The Morgan fingerprint density at radius 1 is 0.259 bits per heavy atom. The molecular formula is C75H128O6. The number of ether oxygens (including phenoxy) is 3. The first-order valence-corrected chi connectivity index (χ1v) is 34.4. The van der Waals surface area contributed by atoms with E-state index < -0.39 is 6.10 Å². The Bertz CT molecular complexity index is 1620. The highest BCUT2D eigenvalue weighted by atomic mass is 16.6. The molecule has 6 nitrogen and oxygen atoms in total. The van der Waals surface area contributed by atoms with Crippen molar-refractivity contribution in [2.24, 2.45) is 0 Å². The highest BCUT2D eigenvalue weighted by molar-refractivity contribution is 5.71. The van der Waals surface area contributed by atoms with Gasteiger partial charge in [0.05, 0.1) is 0 Å². The lowest BCUT2D eigenvalue weighted by atomic mass is 10.0. The van der Waals surface area contributed by atoms with Crippen molar-refractivity contribution in [3.8, 4) is 0 Å². The molecule has 0 fully saturated rings. The number of unbranched alkanes of at least 4 members (excludes halogenated alkanes) is 33. The third-order valence-electron chi connectivity index (χ3n) is 14.7. The Balaban J connectivity index is 4.15. The Hall–Kier alpha value is -3.93. The third-order valence-corrected chi connectivity index (χ3v) is 14.7. The summed E-state index contributed by atoms with van der Waals surface area (Å²) in [4.78, 5) is 38.3. The minimum atomic E-state index is -0.788. The van der Waals surface area contributed by atoms with E-state index in [0.29, 0.717) is 19.3 Å². The number of carbonyl (C=O) groups excluding carboxylic acids is 3. The fourth-order valence-corrected chi connectivity index (χ4v) is 9.60. The average molecular weight is 1130 g/mol. The van der Waals surface area contributed by atoms with Crippen LogP contribution in [0.1, 0.15) is 329 Å². The quantitative estimate of drug-likeness (QED) is 0.0261. The summed E-state index contributed by atoms with van der Waals surface area (Å²) in [5, 5.41) is 0. The van der Waals surface area contributed by atoms with E-state index in [1.807, 2.05) is 0 Å². The lowest BCUT2D eigenvalue weighted by Gasteiger charge is -2.18. The van der Waals surface area contributed by atoms with E-state index in [0.717, 1.165) is 141 Å². The Morgan fingerprint density at radius 3 is 0.815 bits per heavy atom. The van der Waals surface area contributed by atoms with Gasteiger partial charge < -0.3 is 14.2 Å². The lowest BCUT2D eigenvalue weighted by Crippen LogP contribution is -2.30. The van der Waals surface area contributed by atoms with E-state index >= 15 is 0 Å². The van der Waals surface area contributed by atoms with Crippen LogP contribution in [0.3, 0.4) is 0 Å². The van der Waals surface area contributed by atoms with Gasteiger partial charge in [0.15, 0.2) is 6.10 Å². The minimum Gasteiger partial charge on any atom is -0.462 e. The molecule has 0 radical (unpaired) electrons. The highest BCUT2D eigenvalue weighted by Gasteiger charge is 2.19. The molecule has 0 aliphatic rings. The molecule has 6 heteroatoms. The maximum absolute atomic E-state index is 12.9. The molecule has 0 N–H and O–H groups in total. The van der Waals surface area contributed by atoms with Crippen molar-refractivity contribution < 1.29 is 28.6 Å². The van der Waals surface area contributed by atoms with Crippen LogP contribution in [0.4, 0.5) is 0 Å². The maximum atomic E-state index is 12.9. The number of esters is 3. The van der Waals surface area contributed by atoms with Crippen LogP contribution in [0.15, 0.2) is 109 Å². The van der Waals surface area contributed by atoms with Crippen molar-refractivity contribution in [3.63, 3.8) is 0 Å². The summed E-state index contributed by atoms with van der Waals surface area (Å²) >= 11 is 0. The molecule has 0 saturated carbocycles. The van der Waals surface area contributed by atoms with E-state index in [2.05, 4.69) is 130 Å². The first-order chi connectivity index (χ1) is 40.0. The fourth-order valence-electron chi connectivity index (χ4n) is 9.60. The summed E-state index contributed by atoms with van der Waals surface area (Å²) in [5.41, 5.74) is 0. The first-order valence-electron chi connectivity index (χ1n) is 34.4. The standard InChI is InChI=1S/C75H128O6/c1-4-7-10-13-16-19-22-25-27-28-29-30-31-32-33-34-35-36-37-38-39-40-41-42-43-44-45-46-48-50-53-56-59-62-65-68-74(77)80-71-72(70-79-73(76)67-64-61-58-55-52-49-24-21-18-15-12-9-6-3)81-75(78)69-66-63-60-57-54-51-47-26-23-20-17-14-11-8-5-2/h7,10,12,15-16,19,21,24-27,29-30,32-33,35-36,47,72H,4-6,8-9,11,13-14,17-18,20,22-23,28,31,34,37-46,48-71H2,1-3H3/b10-7-,15-12-,19-16-,24-21-,27-25-,30-29-,33-32-,36-35-,47-26-. The fraction of sp³-hybridized carbons (Fsp3) is 0.720. The third kappa shape index (κ3) is 66.8. The zero-order chi connectivity index (χ0) is 58.5. The van der Waals surface area contributed by atoms with Crippen molar-refractivity contribution in [3.05, 3.63) is 109 Å². The van der Waals surface area contributed by atoms with E-state index in [1.165, 1.54) is 148 Å². The molecule has 1 atom stereocenters. The number of hydrogen-bond acceptors (Lipinski definition) is 6. The predicted molar refractivity (Wildman–Crippen MR) is 353 cm³/mol. The van der Waals surface area contributed by atoms with Gasteiger partial charge in [-0.05, 0) is 122 Å². The van der Waals surface area contributed by atoms with Crippen LogP contribution < -0.4 is 0 Å². The largest absolute Gasteiger partial charge is 0.462 e. The van der Waals surface area contributed by atoms with Gasteiger partial charge in [-0.2, -0.15) is 0 Å². The number of allylic oxidation sites excluding steroid dienone is 18. The van der Waals surface area contributed by atoms with Crippen LogP contribution in [0, 0.1) is 0 Å². The van der Waals surface area contributed by atoms with Gasteiger partial charge in [-0.3, -0.25) is 14.4 Å². The number of carbonyl (C=O) groups is 3. The monoisotopic (exact) mass is 1120 g/mol. The summed E-state index contributed by atoms with van der Waals surface area (Å²) in [6.45, 7) is 6.46. The van der Waals surface area contributed by atoms with Crippen LogP contribution >= 0.6 is 0 Å². The second kappa shape index (κ2) is 68.6. The normalized spacial score (nSPS) is 12.8. The molecule has 0 spiro atoms.